The molecule has 0 aliphatic heterocycles. The van der Waals surface area contributed by atoms with Gasteiger partial charge >= 0.3 is 0 Å². The van der Waals surface area contributed by atoms with E-state index in [4.69, 9.17) is 4.74 Å². The molecule has 0 aliphatic rings. The number of ether oxygens (including phenoxy) is 1. The fourth-order valence-electron chi connectivity index (χ4n) is 1.43. The van der Waals surface area contributed by atoms with E-state index in [0.717, 1.165) is 35.1 Å². The Morgan fingerprint density at radius 1 is 1.29 bits per heavy atom. The number of nitrogens with zero attached hydrogens (tertiary/aromatic N) is 1. The molecule has 2 rings (SSSR count). The van der Waals surface area contributed by atoms with Gasteiger partial charge in [-0.1, -0.05) is 6.92 Å². The summed E-state index contributed by atoms with van der Waals surface area (Å²) in [4.78, 5) is 5.57. The molecule has 0 spiro atoms. The van der Waals surface area contributed by atoms with E-state index in [0.29, 0.717) is 0 Å². The summed E-state index contributed by atoms with van der Waals surface area (Å²) in [5.74, 6) is 1.66. The summed E-state index contributed by atoms with van der Waals surface area (Å²) >= 11 is 5.92. The normalized spacial score (nSPS) is 10.5. The molecule has 90 valence electrons. The summed E-state index contributed by atoms with van der Waals surface area (Å²) in [6.45, 7) is 2.86. The highest BCUT2D eigenvalue weighted by molar-refractivity contribution is 7.79. The van der Waals surface area contributed by atoms with E-state index >= 15 is 0 Å². The molecule has 0 N–H and O–H groups in total. The maximum Gasteiger partial charge on any atom is 0.123 e. The van der Waals surface area contributed by atoms with Crippen molar-refractivity contribution in [2.24, 2.45) is 0 Å². The summed E-state index contributed by atoms with van der Waals surface area (Å²) < 4.78 is 5.54. The topological polar surface area (TPSA) is 22.1 Å². The summed E-state index contributed by atoms with van der Waals surface area (Å²) in [7, 11) is 0. The largest absolute Gasteiger partial charge is 0.494 e. The number of hydrogen-bond acceptors (Lipinski definition) is 4. The van der Waals surface area contributed by atoms with Crippen LogP contribution in [-0.2, 0) is 5.75 Å². The van der Waals surface area contributed by atoms with Crippen molar-refractivity contribution in [2.45, 2.75) is 19.1 Å². The number of benzene rings is 1. The van der Waals surface area contributed by atoms with Crippen molar-refractivity contribution < 1.29 is 4.74 Å². The van der Waals surface area contributed by atoms with E-state index in [1.165, 1.54) is 4.88 Å². The Kier molecular flexibility index (Phi) is 4.45. The van der Waals surface area contributed by atoms with Crippen LogP contribution in [0.15, 0.2) is 30.5 Å². The molecule has 0 atom stereocenters. The van der Waals surface area contributed by atoms with Gasteiger partial charge in [0.2, 0.25) is 0 Å². The minimum absolute atomic E-state index is 0.745. The van der Waals surface area contributed by atoms with Crippen LogP contribution in [0.5, 0.6) is 5.75 Å². The standard InChI is InChI=1S/C13H15NOS2/c1-2-7-15-11-5-3-10(4-6-11)13-14-8-12(9-16)17-13/h3-6,8,16H,2,7,9H2,1H3. The van der Waals surface area contributed by atoms with E-state index in [2.05, 4.69) is 24.5 Å². The summed E-state index contributed by atoms with van der Waals surface area (Å²) in [5, 5.41) is 1.04. The first-order valence-corrected chi connectivity index (χ1v) is 7.07. The minimum atomic E-state index is 0.745. The summed E-state index contributed by atoms with van der Waals surface area (Å²) in [6.07, 6.45) is 2.91. The zero-order valence-electron chi connectivity index (χ0n) is 9.72. The molecule has 0 saturated heterocycles. The predicted octanol–water partition coefficient (Wildman–Crippen LogP) is 4.03. The lowest BCUT2D eigenvalue weighted by Crippen LogP contribution is -1.94. The number of rotatable bonds is 5. The molecule has 0 saturated carbocycles. The molecule has 1 aromatic heterocycles. The average molecular weight is 265 g/mol. The minimum Gasteiger partial charge on any atom is -0.494 e. The van der Waals surface area contributed by atoms with Crippen LogP contribution in [0.4, 0.5) is 0 Å². The fourth-order valence-corrected chi connectivity index (χ4v) is 2.48. The first-order chi connectivity index (χ1) is 8.33. The zero-order chi connectivity index (χ0) is 12.1. The molecule has 2 aromatic rings. The first-order valence-electron chi connectivity index (χ1n) is 5.62. The molecule has 2 nitrogen and oxygen atoms in total. The summed E-state index contributed by atoms with van der Waals surface area (Å²) in [6, 6.07) is 8.08. The smallest absolute Gasteiger partial charge is 0.123 e. The van der Waals surface area contributed by atoms with Crippen molar-refractivity contribution >= 4 is 24.0 Å². The number of aromatic nitrogens is 1. The average Bonchev–Trinajstić information content (AvgIpc) is 2.86. The Hall–Kier alpha value is -1.00. The van der Waals surface area contributed by atoms with Gasteiger partial charge in [0.15, 0.2) is 0 Å². The van der Waals surface area contributed by atoms with Crippen molar-refractivity contribution in [3.05, 3.63) is 35.3 Å². The molecule has 0 aliphatic carbocycles. The molecule has 1 aromatic carbocycles. The van der Waals surface area contributed by atoms with Gasteiger partial charge in [-0.05, 0) is 30.7 Å². The quantitative estimate of drug-likeness (QED) is 0.825. The van der Waals surface area contributed by atoms with Gasteiger partial charge < -0.3 is 4.74 Å². The van der Waals surface area contributed by atoms with Gasteiger partial charge in [-0.3, -0.25) is 0 Å². The second kappa shape index (κ2) is 6.07. The van der Waals surface area contributed by atoms with Crippen molar-refractivity contribution in [2.75, 3.05) is 6.61 Å². The van der Waals surface area contributed by atoms with Crippen LogP contribution in [-0.4, -0.2) is 11.6 Å². The van der Waals surface area contributed by atoms with E-state index in [1.54, 1.807) is 11.3 Å². The van der Waals surface area contributed by atoms with Gasteiger partial charge in [0.1, 0.15) is 10.8 Å². The lowest BCUT2D eigenvalue weighted by molar-refractivity contribution is 0.317. The molecule has 0 radical (unpaired) electrons. The van der Waals surface area contributed by atoms with E-state index < -0.39 is 0 Å². The second-order valence-electron chi connectivity index (χ2n) is 3.66. The Morgan fingerprint density at radius 2 is 2.06 bits per heavy atom. The number of thiol groups is 1. The van der Waals surface area contributed by atoms with Crippen molar-refractivity contribution in [1.82, 2.24) is 4.98 Å². The molecule has 17 heavy (non-hydrogen) atoms. The van der Waals surface area contributed by atoms with Crippen LogP contribution in [0.3, 0.4) is 0 Å². The van der Waals surface area contributed by atoms with Gasteiger partial charge in [-0.2, -0.15) is 12.6 Å². The predicted molar refractivity (Wildman–Crippen MR) is 76.0 cm³/mol. The Labute approximate surface area is 111 Å². The SMILES string of the molecule is CCCOc1ccc(-c2ncc(CS)s2)cc1. The van der Waals surface area contributed by atoms with Crippen molar-refractivity contribution in [3.63, 3.8) is 0 Å². The lowest BCUT2D eigenvalue weighted by Gasteiger charge is -2.04. The summed E-state index contributed by atoms with van der Waals surface area (Å²) in [5.41, 5.74) is 1.13. The highest BCUT2D eigenvalue weighted by Gasteiger charge is 2.03. The third-order valence-corrected chi connectivity index (χ3v) is 3.88. The van der Waals surface area contributed by atoms with Crippen LogP contribution >= 0.6 is 24.0 Å². The first kappa shape index (κ1) is 12.5. The number of hydrogen-bond donors (Lipinski definition) is 1. The van der Waals surface area contributed by atoms with E-state index in [-0.39, 0.29) is 0 Å². The van der Waals surface area contributed by atoms with Crippen LogP contribution in [0.2, 0.25) is 0 Å². The molecule has 4 heteroatoms. The number of thiazole rings is 1. The molecule has 0 bridgehead atoms. The van der Waals surface area contributed by atoms with Gasteiger partial charge in [0, 0.05) is 22.4 Å². The third kappa shape index (κ3) is 3.23. The zero-order valence-corrected chi connectivity index (χ0v) is 11.4. The highest BCUT2D eigenvalue weighted by Crippen LogP contribution is 2.27. The Balaban J connectivity index is 2.11. The third-order valence-electron chi connectivity index (χ3n) is 2.28. The van der Waals surface area contributed by atoms with Gasteiger partial charge in [0.05, 0.1) is 6.61 Å². The van der Waals surface area contributed by atoms with Gasteiger partial charge in [-0.15, -0.1) is 11.3 Å². The molecular weight excluding hydrogens is 250 g/mol. The second-order valence-corrected chi connectivity index (χ2v) is 5.09. The van der Waals surface area contributed by atoms with Crippen LogP contribution in [0.25, 0.3) is 10.6 Å². The molecule has 0 fully saturated rings. The maximum absolute atomic E-state index is 5.54. The monoisotopic (exact) mass is 265 g/mol. The molecule has 0 unspecified atom stereocenters. The molecule has 1 heterocycles. The van der Waals surface area contributed by atoms with Gasteiger partial charge in [-0.25, -0.2) is 4.98 Å². The van der Waals surface area contributed by atoms with E-state index in [9.17, 15) is 0 Å². The lowest BCUT2D eigenvalue weighted by atomic mass is 10.2. The van der Waals surface area contributed by atoms with E-state index in [1.807, 2.05) is 30.5 Å². The highest BCUT2D eigenvalue weighted by atomic mass is 32.1. The van der Waals surface area contributed by atoms with Crippen molar-refractivity contribution in [3.8, 4) is 16.3 Å². The fraction of sp³-hybridized carbons (Fsp3) is 0.308. The Bertz CT molecular complexity index is 465. The Morgan fingerprint density at radius 3 is 2.65 bits per heavy atom. The van der Waals surface area contributed by atoms with Crippen LogP contribution in [0, 0.1) is 0 Å². The van der Waals surface area contributed by atoms with Gasteiger partial charge in [0.25, 0.3) is 0 Å². The van der Waals surface area contributed by atoms with Crippen LogP contribution < -0.4 is 4.74 Å². The maximum atomic E-state index is 5.54. The van der Waals surface area contributed by atoms with Crippen molar-refractivity contribution in [1.29, 1.82) is 0 Å². The molecular formula is C13H15NOS2. The van der Waals surface area contributed by atoms with Crippen LogP contribution in [0.1, 0.15) is 18.2 Å². The molecule has 0 amide bonds.